The van der Waals surface area contributed by atoms with E-state index in [1.54, 1.807) is 6.07 Å². The third kappa shape index (κ3) is 1.79. The van der Waals surface area contributed by atoms with Gasteiger partial charge in [0.25, 0.3) is 0 Å². The highest BCUT2D eigenvalue weighted by molar-refractivity contribution is 5.78. The van der Waals surface area contributed by atoms with E-state index in [1.165, 1.54) is 16.7 Å². The van der Waals surface area contributed by atoms with Gasteiger partial charge >= 0.3 is 0 Å². The summed E-state index contributed by atoms with van der Waals surface area (Å²) in [5.74, 6) is 0.516. The summed E-state index contributed by atoms with van der Waals surface area (Å²) in [6, 6.07) is 11.9. The molecule has 0 amide bonds. The van der Waals surface area contributed by atoms with Crippen LogP contribution < -0.4 is 5.32 Å². The Labute approximate surface area is 118 Å². The molecule has 0 radical (unpaired) electrons. The minimum Gasteiger partial charge on any atom is -0.317 e. The van der Waals surface area contributed by atoms with E-state index < -0.39 is 0 Å². The van der Waals surface area contributed by atoms with Crippen molar-refractivity contribution in [2.45, 2.75) is 25.2 Å². The molecule has 0 unspecified atom stereocenters. The van der Waals surface area contributed by atoms with Gasteiger partial charge in [0.15, 0.2) is 0 Å². The smallest absolute Gasteiger partial charge is 0.131 e. The average molecular weight is 267 g/mol. The minimum absolute atomic E-state index is 0.0670. The van der Waals surface area contributed by atoms with Gasteiger partial charge in [-0.25, -0.2) is 4.39 Å². The molecule has 1 saturated heterocycles. The van der Waals surface area contributed by atoms with Crippen molar-refractivity contribution in [3.63, 3.8) is 0 Å². The molecule has 0 atom stereocenters. The molecular formula is C18H18FN. The molecule has 1 aliphatic carbocycles. The number of nitrogens with one attached hydrogen (secondary N) is 1. The predicted molar refractivity (Wildman–Crippen MR) is 79.5 cm³/mol. The van der Waals surface area contributed by atoms with Crippen molar-refractivity contribution in [2.75, 3.05) is 13.1 Å². The van der Waals surface area contributed by atoms with Crippen molar-refractivity contribution < 1.29 is 4.39 Å². The van der Waals surface area contributed by atoms with Crippen molar-refractivity contribution in [1.29, 1.82) is 0 Å². The Kier molecular flexibility index (Phi) is 2.85. The summed E-state index contributed by atoms with van der Waals surface area (Å²) in [6.45, 7) is 2.15. The van der Waals surface area contributed by atoms with Gasteiger partial charge in [0.05, 0.1) is 0 Å². The second-order valence-electron chi connectivity index (χ2n) is 5.85. The highest BCUT2D eigenvalue weighted by atomic mass is 19.1. The molecule has 0 saturated carbocycles. The van der Waals surface area contributed by atoms with Gasteiger partial charge in [0.2, 0.25) is 0 Å². The first-order chi connectivity index (χ1) is 9.84. The van der Waals surface area contributed by atoms with Crippen LogP contribution in [-0.2, 0) is 6.42 Å². The van der Waals surface area contributed by atoms with Crippen LogP contribution in [0.5, 0.6) is 0 Å². The molecule has 1 aliphatic heterocycles. The van der Waals surface area contributed by atoms with Crippen LogP contribution in [0, 0.1) is 5.82 Å². The molecule has 0 bridgehead atoms. The lowest BCUT2D eigenvalue weighted by atomic mass is 9.85. The Hall–Kier alpha value is -1.67. The maximum Gasteiger partial charge on any atom is 0.131 e. The van der Waals surface area contributed by atoms with Crippen LogP contribution in [0.15, 0.2) is 36.4 Å². The summed E-state index contributed by atoms with van der Waals surface area (Å²) < 4.78 is 14.3. The Bertz CT molecular complexity index is 656. The predicted octanol–water partition coefficient (Wildman–Crippen LogP) is 3.86. The fraction of sp³-hybridized carbons (Fsp3) is 0.333. The van der Waals surface area contributed by atoms with Crippen molar-refractivity contribution in [3.8, 4) is 11.1 Å². The molecule has 1 fully saturated rings. The Balaban J connectivity index is 1.85. The zero-order valence-corrected chi connectivity index (χ0v) is 11.5. The maximum absolute atomic E-state index is 14.3. The van der Waals surface area contributed by atoms with Crippen LogP contribution in [0.1, 0.15) is 35.4 Å². The number of benzene rings is 2. The van der Waals surface area contributed by atoms with Gasteiger partial charge in [-0.05, 0) is 66.6 Å². The Morgan fingerprint density at radius 1 is 1.00 bits per heavy atom. The summed E-state index contributed by atoms with van der Waals surface area (Å²) in [6.07, 6.45) is 3.21. The van der Waals surface area contributed by atoms with Crippen LogP contribution in [-0.4, -0.2) is 13.1 Å². The first kappa shape index (κ1) is 12.1. The lowest BCUT2D eigenvalue weighted by molar-refractivity contribution is 0.458. The molecule has 2 aliphatic rings. The van der Waals surface area contributed by atoms with E-state index in [0.29, 0.717) is 5.92 Å². The fourth-order valence-corrected chi connectivity index (χ4v) is 3.74. The fourth-order valence-electron chi connectivity index (χ4n) is 3.74. The van der Waals surface area contributed by atoms with Gasteiger partial charge in [-0.2, -0.15) is 0 Å². The summed E-state index contributed by atoms with van der Waals surface area (Å²) in [4.78, 5) is 0. The maximum atomic E-state index is 14.3. The monoisotopic (exact) mass is 267 g/mol. The summed E-state index contributed by atoms with van der Waals surface area (Å²) in [5, 5.41) is 3.41. The second-order valence-corrected chi connectivity index (χ2v) is 5.85. The molecule has 102 valence electrons. The van der Waals surface area contributed by atoms with E-state index in [0.717, 1.165) is 43.5 Å². The lowest BCUT2D eigenvalue weighted by Crippen LogP contribution is -2.27. The Morgan fingerprint density at radius 3 is 2.65 bits per heavy atom. The van der Waals surface area contributed by atoms with Gasteiger partial charge in [0, 0.05) is 5.56 Å². The van der Waals surface area contributed by atoms with Crippen LogP contribution in [0.25, 0.3) is 11.1 Å². The van der Waals surface area contributed by atoms with E-state index in [2.05, 4.69) is 17.4 Å². The van der Waals surface area contributed by atoms with E-state index in [4.69, 9.17) is 0 Å². The van der Waals surface area contributed by atoms with E-state index in [1.807, 2.05) is 18.2 Å². The summed E-state index contributed by atoms with van der Waals surface area (Å²) in [5.41, 5.74) is 5.83. The molecule has 0 spiro atoms. The normalized spacial score (nSPS) is 17.9. The molecule has 2 aromatic carbocycles. The lowest BCUT2D eigenvalue weighted by Gasteiger charge is -2.25. The second kappa shape index (κ2) is 4.71. The van der Waals surface area contributed by atoms with E-state index in [-0.39, 0.29) is 5.82 Å². The van der Waals surface area contributed by atoms with Crippen LogP contribution >= 0.6 is 0 Å². The highest BCUT2D eigenvalue weighted by Crippen LogP contribution is 2.43. The topological polar surface area (TPSA) is 12.0 Å². The van der Waals surface area contributed by atoms with Gasteiger partial charge in [-0.15, -0.1) is 0 Å². The molecule has 0 aromatic heterocycles. The van der Waals surface area contributed by atoms with Gasteiger partial charge in [0.1, 0.15) is 5.82 Å². The average Bonchev–Trinajstić information content (AvgIpc) is 2.88. The first-order valence-corrected chi connectivity index (χ1v) is 7.45. The van der Waals surface area contributed by atoms with Gasteiger partial charge in [-0.1, -0.05) is 30.3 Å². The molecule has 1 nitrogen and oxygen atoms in total. The number of piperidine rings is 1. The molecule has 2 aromatic rings. The van der Waals surface area contributed by atoms with Gasteiger partial charge < -0.3 is 5.32 Å². The van der Waals surface area contributed by atoms with Crippen molar-refractivity contribution >= 4 is 0 Å². The molecule has 20 heavy (non-hydrogen) atoms. The third-order valence-electron chi connectivity index (χ3n) is 4.73. The standard InChI is InChI=1S/C18H18FN/c19-17-6-5-14(12-7-9-20-10-8-12)16-11-13-3-1-2-4-15(13)18(16)17/h1-6,12,20H,7-11H2. The zero-order chi connectivity index (χ0) is 13.5. The molecule has 1 heterocycles. The number of rotatable bonds is 1. The van der Waals surface area contributed by atoms with Crippen LogP contribution in [0.2, 0.25) is 0 Å². The highest BCUT2D eigenvalue weighted by Gasteiger charge is 2.27. The van der Waals surface area contributed by atoms with Crippen LogP contribution in [0.3, 0.4) is 0 Å². The SMILES string of the molecule is Fc1ccc(C2CCNCC2)c2c1-c1ccccc1C2. The number of fused-ring (bicyclic) bond motifs is 3. The number of hydrogen-bond donors (Lipinski definition) is 1. The molecular weight excluding hydrogens is 249 g/mol. The van der Waals surface area contributed by atoms with E-state index >= 15 is 0 Å². The molecule has 1 N–H and O–H groups in total. The summed E-state index contributed by atoms with van der Waals surface area (Å²) >= 11 is 0. The van der Waals surface area contributed by atoms with Crippen LogP contribution in [0.4, 0.5) is 4.39 Å². The molecule has 2 heteroatoms. The number of hydrogen-bond acceptors (Lipinski definition) is 1. The first-order valence-electron chi connectivity index (χ1n) is 7.45. The zero-order valence-electron chi connectivity index (χ0n) is 11.5. The largest absolute Gasteiger partial charge is 0.317 e. The molecule has 4 rings (SSSR count). The van der Waals surface area contributed by atoms with Crippen molar-refractivity contribution in [3.05, 3.63) is 58.9 Å². The minimum atomic E-state index is -0.0670. The van der Waals surface area contributed by atoms with Gasteiger partial charge in [-0.3, -0.25) is 0 Å². The quantitative estimate of drug-likeness (QED) is 0.706. The van der Waals surface area contributed by atoms with Crippen molar-refractivity contribution in [1.82, 2.24) is 5.32 Å². The summed E-state index contributed by atoms with van der Waals surface area (Å²) in [7, 11) is 0. The number of halogens is 1. The third-order valence-corrected chi connectivity index (χ3v) is 4.73. The van der Waals surface area contributed by atoms with E-state index in [9.17, 15) is 4.39 Å². The Morgan fingerprint density at radius 2 is 1.80 bits per heavy atom. The van der Waals surface area contributed by atoms with Crippen molar-refractivity contribution in [2.24, 2.45) is 0 Å².